The van der Waals surface area contributed by atoms with E-state index in [4.69, 9.17) is 31.4 Å². The summed E-state index contributed by atoms with van der Waals surface area (Å²) in [6.45, 7) is 1.73. The van der Waals surface area contributed by atoms with Gasteiger partial charge in [0.2, 0.25) is 0 Å². The number of fused-ring (bicyclic) bond motifs is 1. The second kappa shape index (κ2) is 11.9. The van der Waals surface area contributed by atoms with Crippen LogP contribution in [0.2, 0.25) is 5.02 Å². The fourth-order valence-electron chi connectivity index (χ4n) is 4.69. The molecule has 0 bridgehead atoms. The number of amides is 1. The number of unbranched alkanes of at least 4 members (excludes halogenated alkanes) is 1. The molecule has 1 aliphatic carbocycles. The highest BCUT2D eigenvalue weighted by Gasteiger charge is 2.32. The molecule has 7 nitrogen and oxygen atoms in total. The fraction of sp³-hybridized carbons (Fsp3) is 0.333. The predicted molar refractivity (Wildman–Crippen MR) is 147 cm³/mol. The van der Waals surface area contributed by atoms with Gasteiger partial charge in [0.15, 0.2) is 0 Å². The molecule has 3 aromatic rings. The topological polar surface area (TPSA) is 92.6 Å². The number of hydrogen-bond acceptors (Lipinski definition) is 5. The first-order valence-corrected chi connectivity index (χ1v) is 13.4. The van der Waals surface area contributed by atoms with Crippen molar-refractivity contribution in [2.45, 2.75) is 44.6 Å². The van der Waals surface area contributed by atoms with E-state index >= 15 is 0 Å². The Morgan fingerprint density at radius 3 is 2.58 bits per heavy atom. The van der Waals surface area contributed by atoms with E-state index in [0.29, 0.717) is 60.6 Å². The van der Waals surface area contributed by atoms with Crippen LogP contribution in [0.25, 0.3) is 22.3 Å². The van der Waals surface area contributed by atoms with Crippen LogP contribution in [0, 0.1) is 0 Å². The number of aromatic nitrogens is 2. The third kappa shape index (κ3) is 6.29. The molecule has 196 valence electrons. The van der Waals surface area contributed by atoms with Crippen molar-refractivity contribution < 1.29 is 19.4 Å². The molecule has 1 N–H and O–H groups in total. The third-order valence-electron chi connectivity index (χ3n) is 6.85. The highest BCUT2D eigenvalue weighted by atomic mass is 35.5. The summed E-state index contributed by atoms with van der Waals surface area (Å²) in [7, 11) is 0. The molecular weight excluding hydrogens is 502 g/mol. The van der Waals surface area contributed by atoms with E-state index in [1.54, 1.807) is 17.0 Å². The van der Waals surface area contributed by atoms with E-state index in [1.165, 1.54) is 5.57 Å². The van der Waals surface area contributed by atoms with E-state index in [9.17, 15) is 9.59 Å². The van der Waals surface area contributed by atoms with Crippen LogP contribution in [0.4, 0.5) is 0 Å². The first kappa shape index (κ1) is 26.1. The Bertz CT molecular complexity index is 1390. The van der Waals surface area contributed by atoms with Crippen molar-refractivity contribution in [3.8, 4) is 11.3 Å². The molecule has 1 amide bonds. The number of allylic oxidation sites excluding steroid dienone is 2. The van der Waals surface area contributed by atoms with Crippen LogP contribution in [0.3, 0.4) is 0 Å². The average Bonchev–Trinajstić information content (AvgIpc) is 2.90. The van der Waals surface area contributed by atoms with Gasteiger partial charge in [-0.05, 0) is 68.0 Å². The van der Waals surface area contributed by atoms with Gasteiger partial charge in [-0.25, -0.2) is 9.97 Å². The zero-order valence-electron chi connectivity index (χ0n) is 21.1. The van der Waals surface area contributed by atoms with Crippen LogP contribution in [-0.4, -0.2) is 57.7 Å². The lowest BCUT2D eigenvalue weighted by molar-refractivity contribution is -0.137. The zero-order valence-corrected chi connectivity index (χ0v) is 21.9. The molecule has 2 aliphatic rings. The maximum absolute atomic E-state index is 13.1. The minimum atomic E-state index is -0.808. The smallest absolute Gasteiger partial charge is 0.303 e. The van der Waals surface area contributed by atoms with Crippen molar-refractivity contribution >= 4 is 34.5 Å². The number of likely N-dealkylation sites (tertiary alicyclic amines) is 1. The highest BCUT2D eigenvalue weighted by molar-refractivity contribution is 6.30. The molecule has 0 radical (unpaired) electrons. The molecule has 1 aromatic heterocycles. The lowest BCUT2D eigenvalue weighted by Gasteiger charge is -2.39. The maximum atomic E-state index is 13.1. The van der Waals surface area contributed by atoms with Crippen LogP contribution < -0.4 is 0 Å². The molecule has 1 aliphatic heterocycles. The van der Waals surface area contributed by atoms with Crippen molar-refractivity contribution in [1.82, 2.24) is 14.9 Å². The molecule has 38 heavy (non-hydrogen) atoms. The lowest BCUT2D eigenvalue weighted by atomic mass is 10.0. The molecule has 2 aromatic carbocycles. The molecule has 5 rings (SSSR count). The number of ether oxygens (including phenoxy) is 1. The second-order valence-electron chi connectivity index (χ2n) is 9.73. The van der Waals surface area contributed by atoms with E-state index in [2.05, 4.69) is 18.2 Å². The summed E-state index contributed by atoms with van der Waals surface area (Å²) in [5.74, 6) is -0.854. The summed E-state index contributed by atoms with van der Waals surface area (Å²) in [6, 6.07) is 12.9. The van der Waals surface area contributed by atoms with Gasteiger partial charge < -0.3 is 14.7 Å². The van der Waals surface area contributed by atoms with Gasteiger partial charge in [-0.1, -0.05) is 42.0 Å². The number of carboxylic acid groups (broad SMARTS) is 1. The number of aryl methyl sites for hydroxylation is 1. The number of halogens is 1. The highest BCUT2D eigenvalue weighted by Crippen LogP contribution is 2.27. The summed E-state index contributed by atoms with van der Waals surface area (Å²) in [5, 5.41) is 9.61. The molecule has 0 atom stereocenters. The predicted octanol–water partition coefficient (Wildman–Crippen LogP) is 5.87. The second-order valence-corrected chi connectivity index (χ2v) is 10.2. The number of carbonyl (C=O) groups is 2. The summed E-state index contributed by atoms with van der Waals surface area (Å²) in [5.41, 5.74) is 5.52. The summed E-state index contributed by atoms with van der Waals surface area (Å²) < 4.78 is 5.96. The van der Waals surface area contributed by atoms with Crippen LogP contribution in [0.5, 0.6) is 0 Å². The molecule has 1 saturated heterocycles. The number of aliphatic carboxylic acids is 1. The standard InChI is InChI=1S/C30H30ClN3O4/c31-23-13-10-21(11-14-23)29-26(8-4-5-9-28(35)36)32-27-16-22(12-15-25(27)33-29)30(37)34-17-24(18-34)38-19-20-6-2-1-3-7-20/h2,6-7,10-16,24H,1,3-5,8-9,17-19H2,(H,35,36). The van der Waals surface area contributed by atoms with Gasteiger partial charge in [0.1, 0.15) is 0 Å². The van der Waals surface area contributed by atoms with Gasteiger partial charge >= 0.3 is 5.97 Å². The minimum Gasteiger partial charge on any atom is -0.481 e. The van der Waals surface area contributed by atoms with E-state index in [0.717, 1.165) is 29.8 Å². The normalized spacial score (nSPS) is 15.4. The van der Waals surface area contributed by atoms with Crippen LogP contribution in [0.1, 0.15) is 48.2 Å². The first-order chi connectivity index (χ1) is 18.5. The zero-order chi connectivity index (χ0) is 26.5. The molecule has 0 saturated carbocycles. The van der Waals surface area contributed by atoms with E-state index in [-0.39, 0.29) is 18.4 Å². The van der Waals surface area contributed by atoms with Gasteiger partial charge in [-0.2, -0.15) is 0 Å². The number of rotatable bonds is 10. The number of carboxylic acids is 1. The molecule has 2 heterocycles. The van der Waals surface area contributed by atoms with Gasteiger partial charge in [-0.3, -0.25) is 9.59 Å². The van der Waals surface area contributed by atoms with Crippen molar-refractivity contribution in [2.75, 3.05) is 19.7 Å². The van der Waals surface area contributed by atoms with Crippen LogP contribution in [-0.2, 0) is 16.0 Å². The monoisotopic (exact) mass is 531 g/mol. The number of hydrogen-bond donors (Lipinski definition) is 1. The Labute approximate surface area is 226 Å². The van der Waals surface area contributed by atoms with Gasteiger partial charge in [-0.15, -0.1) is 0 Å². The van der Waals surface area contributed by atoms with Gasteiger partial charge in [0, 0.05) is 35.7 Å². The molecule has 1 fully saturated rings. The quantitative estimate of drug-likeness (QED) is 0.329. The Morgan fingerprint density at radius 2 is 1.84 bits per heavy atom. The van der Waals surface area contributed by atoms with Gasteiger partial charge in [0.25, 0.3) is 5.91 Å². The molecule has 0 unspecified atom stereocenters. The van der Waals surface area contributed by atoms with Crippen LogP contribution >= 0.6 is 11.6 Å². The molecule has 8 heteroatoms. The third-order valence-corrected chi connectivity index (χ3v) is 7.10. The largest absolute Gasteiger partial charge is 0.481 e. The molecule has 0 spiro atoms. The molecular formula is C30H30ClN3O4. The number of benzene rings is 2. The Kier molecular flexibility index (Phi) is 8.15. The van der Waals surface area contributed by atoms with Crippen molar-refractivity contribution in [2.24, 2.45) is 0 Å². The van der Waals surface area contributed by atoms with Crippen molar-refractivity contribution in [3.05, 3.63) is 82.5 Å². The average molecular weight is 532 g/mol. The number of nitrogens with zero attached hydrogens (tertiary/aromatic N) is 3. The summed E-state index contributed by atoms with van der Waals surface area (Å²) in [6.07, 6.45) is 10.6. The van der Waals surface area contributed by atoms with Gasteiger partial charge in [0.05, 0.1) is 35.1 Å². The van der Waals surface area contributed by atoms with Crippen LogP contribution in [0.15, 0.2) is 66.3 Å². The number of carbonyl (C=O) groups excluding carboxylic acids is 1. The van der Waals surface area contributed by atoms with Crippen molar-refractivity contribution in [3.63, 3.8) is 0 Å². The van der Waals surface area contributed by atoms with Crippen molar-refractivity contribution in [1.29, 1.82) is 0 Å². The van der Waals surface area contributed by atoms with E-state index < -0.39 is 5.97 Å². The van der Waals surface area contributed by atoms with E-state index in [1.807, 2.05) is 30.3 Å². The Balaban J connectivity index is 1.30. The SMILES string of the molecule is O=C(O)CCCCc1nc2cc(C(=O)N3CC(OCC4=CCCC=C4)C3)ccc2nc1-c1ccc(Cl)cc1. The minimum absolute atomic E-state index is 0.0462. The Hall–Kier alpha value is -3.55. The maximum Gasteiger partial charge on any atom is 0.303 e. The Morgan fingerprint density at radius 1 is 1.03 bits per heavy atom. The first-order valence-electron chi connectivity index (χ1n) is 13.0. The lowest BCUT2D eigenvalue weighted by Crippen LogP contribution is -2.54. The summed E-state index contributed by atoms with van der Waals surface area (Å²) >= 11 is 6.08. The fourth-order valence-corrected chi connectivity index (χ4v) is 4.81. The summed E-state index contributed by atoms with van der Waals surface area (Å²) in [4.78, 5) is 35.6.